The van der Waals surface area contributed by atoms with Crippen LogP contribution in [0.5, 0.6) is 0 Å². The highest BCUT2D eigenvalue weighted by Crippen LogP contribution is 2.28. The van der Waals surface area contributed by atoms with Crippen LogP contribution in [-0.2, 0) is 9.53 Å². The highest BCUT2D eigenvalue weighted by molar-refractivity contribution is 5.76. The average Bonchev–Trinajstić information content (AvgIpc) is 2.79. The van der Waals surface area contributed by atoms with Gasteiger partial charge in [0.1, 0.15) is 5.82 Å². The molecule has 4 heteroatoms. The molecular formula is C13H15FO3. The van der Waals surface area contributed by atoms with Gasteiger partial charge in [0, 0.05) is 12.2 Å². The maximum absolute atomic E-state index is 13.6. The lowest BCUT2D eigenvalue weighted by molar-refractivity contribution is -0.139. The number of ether oxygens (including phenoxy) is 1. The quantitative estimate of drug-likeness (QED) is 0.876. The lowest BCUT2D eigenvalue weighted by Gasteiger charge is -2.17. The third-order valence-corrected chi connectivity index (χ3v) is 3.10. The Morgan fingerprint density at radius 2 is 2.29 bits per heavy atom. The number of carbonyl (C=O) groups is 1. The molecule has 1 saturated heterocycles. The predicted molar refractivity (Wildman–Crippen MR) is 60.4 cm³/mol. The second-order valence-corrected chi connectivity index (χ2v) is 4.28. The molecule has 0 saturated carbocycles. The summed E-state index contributed by atoms with van der Waals surface area (Å²) in [5.41, 5.74) is 0.246. The summed E-state index contributed by atoms with van der Waals surface area (Å²) in [6.07, 6.45) is 2.10. The van der Waals surface area contributed by atoms with Gasteiger partial charge < -0.3 is 9.84 Å². The second kappa shape index (κ2) is 5.27. The van der Waals surface area contributed by atoms with Gasteiger partial charge in [-0.25, -0.2) is 4.39 Å². The van der Waals surface area contributed by atoms with Crippen LogP contribution in [0.2, 0.25) is 0 Å². The summed E-state index contributed by atoms with van der Waals surface area (Å²) in [6, 6.07) is 6.04. The van der Waals surface area contributed by atoms with Crippen LogP contribution in [0, 0.1) is 5.82 Å². The van der Waals surface area contributed by atoms with Crippen LogP contribution in [0.15, 0.2) is 24.3 Å². The van der Waals surface area contributed by atoms with Crippen LogP contribution in [-0.4, -0.2) is 23.8 Å². The third-order valence-electron chi connectivity index (χ3n) is 3.10. The number of rotatable bonds is 4. The van der Waals surface area contributed by atoms with E-state index >= 15 is 0 Å². The van der Waals surface area contributed by atoms with E-state index in [1.165, 1.54) is 12.1 Å². The van der Waals surface area contributed by atoms with Crippen molar-refractivity contribution in [2.24, 2.45) is 0 Å². The predicted octanol–water partition coefficient (Wildman–Crippen LogP) is 2.56. The van der Waals surface area contributed by atoms with Crippen LogP contribution in [0.4, 0.5) is 4.39 Å². The zero-order valence-electron chi connectivity index (χ0n) is 9.43. The number of halogens is 1. The van der Waals surface area contributed by atoms with Gasteiger partial charge in [-0.2, -0.15) is 0 Å². The normalized spacial score (nSPS) is 21.4. The van der Waals surface area contributed by atoms with E-state index in [2.05, 4.69) is 0 Å². The summed E-state index contributed by atoms with van der Waals surface area (Å²) in [7, 11) is 0. The first-order chi connectivity index (χ1) is 8.18. The minimum atomic E-state index is -0.995. The molecule has 1 aromatic rings. The van der Waals surface area contributed by atoms with Crippen molar-refractivity contribution in [1.29, 1.82) is 0 Å². The number of benzene rings is 1. The fourth-order valence-electron chi connectivity index (χ4n) is 2.21. The fourth-order valence-corrected chi connectivity index (χ4v) is 2.21. The Bertz CT molecular complexity index is 399. The van der Waals surface area contributed by atoms with Crippen LogP contribution in [0.1, 0.15) is 30.7 Å². The van der Waals surface area contributed by atoms with Crippen molar-refractivity contribution in [3.8, 4) is 0 Å². The minimum Gasteiger partial charge on any atom is -0.481 e. The highest BCUT2D eigenvalue weighted by Gasteiger charge is 2.28. The molecule has 0 amide bonds. The Kier molecular flexibility index (Phi) is 3.74. The van der Waals surface area contributed by atoms with Gasteiger partial charge in [0.15, 0.2) is 0 Å². The molecule has 0 radical (unpaired) electrons. The van der Waals surface area contributed by atoms with Crippen molar-refractivity contribution >= 4 is 5.97 Å². The van der Waals surface area contributed by atoms with Gasteiger partial charge in [-0.1, -0.05) is 18.2 Å². The summed E-state index contributed by atoms with van der Waals surface area (Å²) in [5.74, 6) is -2.28. The van der Waals surface area contributed by atoms with E-state index in [0.717, 1.165) is 12.8 Å². The summed E-state index contributed by atoms with van der Waals surface area (Å²) < 4.78 is 19.0. The maximum atomic E-state index is 13.6. The van der Waals surface area contributed by atoms with Crippen LogP contribution < -0.4 is 0 Å². The van der Waals surface area contributed by atoms with Gasteiger partial charge in [-0.15, -0.1) is 0 Å². The molecular weight excluding hydrogens is 223 g/mol. The summed E-state index contributed by atoms with van der Waals surface area (Å²) in [6.45, 7) is 0.675. The molecule has 0 aliphatic carbocycles. The Balaban J connectivity index is 2.17. The van der Waals surface area contributed by atoms with Crippen molar-refractivity contribution < 1.29 is 19.0 Å². The van der Waals surface area contributed by atoms with Crippen molar-refractivity contribution in [2.75, 3.05) is 6.61 Å². The molecule has 1 aliphatic heterocycles. The van der Waals surface area contributed by atoms with Crippen molar-refractivity contribution in [3.63, 3.8) is 0 Å². The van der Waals surface area contributed by atoms with Gasteiger partial charge >= 0.3 is 5.97 Å². The van der Waals surface area contributed by atoms with Crippen molar-refractivity contribution in [3.05, 3.63) is 35.6 Å². The molecule has 3 nitrogen and oxygen atoms in total. The van der Waals surface area contributed by atoms with Gasteiger partial charge in [0.2, 0.25) is 0 Å². The van der Waals surface area contributed by atoms with Gasteiger partial charge in [0.25, 0.3) is 0 Å². The van der Waals surface area contributed by atoms with E-state index < -0.39 is 17.7 Å². The van der Waals surface area contributed by atoms with Gasteiger partial charge in [-0.3, -0.25) is 4.79 Å². The van der Waals surface area contributed by atoms with E-state index in [0.29, 0.717) is 13.0 Å². The van der Waals surface area contributed by atoms with Crippen LogP contribution in [0.25, 0.3) is 0 Å². The maximum Gasteiger partial charge on any atom is 0.311 e. The number of carboxylic acids is 1. The topological polar surface area (TPSA) is 46.5 Å². The Morgan fingerprint density at radius 3 is 2.88 bits per heavy atom. The van der Waals surface area contributed by atoms with E-state index in [1.807, 2.05) is 0 Å². The van der Waals surface area contributed by atoms with E-state index in [4.69, 9.17) is 4.74 Å². The van der Waals surface area contributed by atoms with Crippen LogP contribution in [0.3, 0.4) is 0 Å². The lowest BCUT2D eigenvalue weighted by Crippen LogP contribution is -2.19. The van der Waals surface area contributed by atoms with Gasteiger partial charge in [-0.05, 0) is 25.3 Å². The average molecular weight is 238 g/mol. The zero-order valence-corrected chi connectivity index (χ0v) is 9.43. The summed E-state index contributed by atoms with van der Waals surface area (Å²) in [4.78, 5) is 11.2. The first-order valence-corrected chi connectivity index (χ1v) is 5.77. The molecule has 1 N–H and O–H groups in total. The molecule has 2 atom stereocenters. The molecule has 92 valence electrons. The molecule has 17 heavy (non-hydrogen) atoms. The molecule has 2 rings (SSSR count). The Morgan fingerprint density at radius 1 is 1.53 bits per heavy atom. The number of carboxylic acid groups (broad SMARTS) is 1. The SMILES string of the molecule is O=C(O)C(CC1CCCO1)c1ccccc1F. The van der Waals surface area contributed by atoms with Crippen molar-refractivity contribution in [2.45, 2.75) is 31.3 Å². The largest absolute Gasteiger partial charge is 0.481 e. The second-order valence-electron chi connectivity index (χ2n) is 4.28. The Hall–Kier alpha value is -1.42. The zero-order chi connectivity index (χ0) is 12.3. The van der Waals surface area contributed by atoms with Gasteiger partial charge in [0.05, 0.1) is 12.0 Å². The first kappa shape index (κ1) is 12.0. The number of aliphatic carboxylic acids is 1. The molecule has 2 unspecified atom stereocenters. The smallest absolute Gasteiger partial charge is 0.311 e. The standard InChI is InChI=1S/C13H15FO3/c14-12-6-2-1-5-10(12)11(13(15)16)8-9-4-3-7-17-9/h1-2,5-6,9,11H,3-4,7-8H2,(H,15,16). The third kappa shape index (κ3) is 2.82. The molecule has 1 fully saturated rings. The van der Waals surface area contributed by atoms with E-state index in [-0.39, 0.29) is 11.7 Å². The number of hydrogen-bond acceptors (Lipinski definition) is 2. The lowest BCUT2D eigenvalue weighted by atomic mass is 9.92. The molecule has 0 bridgehead atoms. The van der Waals surface area contributed by atoms with Crippen LogP contribution >= 0.6 is 0 Å². The molecule has 1 heterocycles. The number of hydrogen-bond donors (Lipinski definition) is 1. The summed E-state index contributed by atoms with van der Waals surface area (Å²) >= 11 is 0. The van der Waals surface area contributed by atoms with Crippen molar-refractivity contribution in [1.82, 2.24) is 0 Å². The highest BCUT2D eigenvalue weighted by atomic mass is 19.1. The monoisotopic (exact) mass is 238 g/mol. The fraction of sp³-hybridized carbons (Fsp3) is 0.462. The van der Waals surface area contributed by atoms with E-state index in [9.17, 15) is 14.3 Å². The molecule has 1 aliphatic rings. The Labute approximate surface area is 99.2 Å². The first-order valence-electron chi connectivity index (χ1n) is 5.77. The minimum absolute atomic E-state index is 0.0595. The molecule has 1 aromatic carbocycles. The molecule has 0 aromatic heterocycles. The summed E-state index contributed by atoms with van der Waals surface area (Å²) in [5, 5.41) is 9.19. The van der Waals surface area contributed by atoms with E-state index in [1.54, 1.807) is 12.1 Å². The molecule has 0 spiro atoms.